The van der Waals surface area contributed by atoms with Crippen LogP contribution >= 0.6 is 22.9 Å². The Hall–Kier alpha value is -1.06. The molecule has 2 nitrogen and oxygen atoms in total. The van der Waals surface area contributed by atoms with Crippen molar-refractivity contribution in [2.45, 2.75) is 5.88 Å². The van der Waals surface area contributed by atoms with Crippen LogP contribution in [0.1, 0.15) is 5.56 Å². The number of H-pyrrole nitrogens is 1. The zero-order valence-corrected chi connectivity index (χ0v) is 8.86. The van der Waals surface area contributed by atoms with Crippen LogP contribution in [0.3, 0.4) is 0 Å². The summed E-state index contributed by atoms with van der Waals surface area (Å²) >= 11 is 7.19. The number of hydrogen-bond donors (Lipinski definition) is 1. The number of pyridine rings is 1. The Balaban J connectivity index is 2.48. The summed E-state index contributed by atoms with van der Waals surface area (Å²) in [5.41, 5.74) is 2.46. The summed E-state index contributed by atoms with van der Waals surface area (Å²) in [5, 5.41) is 3.97. The average Bonchev–Trinajstić information content (AvgIpc) is 2.70. The molecule has 2 aromatic heterocycles. The van der Waals surface area contributed by atoms with Gasteiger partial charge in [0, 0.05) is 28.8 Å². The molecule has 1 N–H and O–H groups in total. The van der Waals surface area contributed by atoms with Gasteiger partial charge in [0.1, 0.15) is 0 Å². The maximum Gasteiger partial charge on any atom is 0.186 e. The number of alkyl halides is 1. The van der Waals surface area contributed by atoms with Crippen LogP contribution in [0.2, 0.25) is 0 Å². The summed E-state index contributed by atoms with van der Waals surface area (Å²) < 4.78 is 0. The molecule has 2 rings (SSSR count). The van der Waals surface area contributed by atoms with Crippen molar-refractivity contribution < 1.29 is 0 Å². The first-order chi connectivity index (χ1) is 6.81. The summed E-state index contributed by atoms with van der Waals surface area (Å²) in [6.07, 6.45) is 1.67. The minimum absolute atomic E-state index is 0.0139. The third-order valence-corrected chi connectivity index (χ3v) is 2.94. The van der Waals surface area contributed by atoms with Crippen LogP contribution in [0.5, 0.6) is 0 Å². The lowest BCUT2D eigenvalue weighted by atomic mass is 10.2. The van der Waals surface area contributed by atoms with Crippen molar-refractivity contribution in [3.8, 4) is 11.3 Å². The number of thiophene rings is 1. The van der Waals surface area contributed by atoms with E-state index in [1.807, 2.05) is 16.8 Å². The predicted octanol–water partition coefficient (Wildman–Crippen LogP) is 2.84. The first kappa shape index (κ1) is 9.49. The highest BCUT2D eigenvalue weighted by Crippen LogP contribution is 2.18. The van der Waals surface area contributed by atoms with E-state index in [4.69, 9.17) is 11.6 Å². The molecule has 0 aliphatic heterocycles. The Morgan fingerprint density at radius 3 is 2.93 bits per heavy atom. The quantitative estimate of drug-likeness (QED) is 0.784. The second-order valence-electron chi connectivity index (χ2n) is 2.88. The second-order valence-corrected chi connectivity index (χ2v) is 3.93. The third kappa shape index (κ3) is 1.74. The van der Waals surface area contributed by atoms with E-state index in [1.165, 1.54) is 0 Å². The molecule has 0 unspecified atom stereocenters. The number of hydrogen-bond acceptors (Lipinski definition) is 2. The van der Waals surface area contributed by atoms with E-state index in [1.54, 1.807) is 23.6 Å². The Morgan fingerprint density at radius 1 is 1.50 bits per heavy atom. The summed E-state index contributed by atoms with van der Waals surface area (Å²) in [6, 6.07) is 3.55. The van der Waals surface area contributed by atoms with Gasteiger partial charge in [0.05, 0.1) is 11.6 Å². The molecule has 0 fully saturated rings. The van der Waals surface area contributed by atoms with E-state index >= 15 is 0 Å². The minimum atomic E-state index is -0.0139. The molecule has 0 aromatic carbocycles. The standard InChI is InChI=1S/C10H8ClNOS/c11-4-8-5-12-9(3-10(8)13)7-1-2-14-6-7/h1-3,5-6H,4H2,(H,12,13). The van der Waals surface area contributed by atoms with Gasteiger partial charge in [0.2, 0.25) is 0 Å². The fraction of sp³-hybridized carbons (Fsp3) is 0.100. The summed E-state index contributed by atoms with van der Waals surface area (Å²) in [4.78, 5) is 14.5. The van der Waals surface area contributed by atoms with Gasteiger partial charge in [0.25, 0.3) is 0 Å². The van der Waals surface area contributed by atoms with Crippen molar-refractivity contribution in [1.82, 2.24) is 4.98 Å². The molecule has 0 atom stereocenters. The molecule has 0 aliphatic carbocycles. The maximum absolute atomic E-state index is 11.5. The Kier molecular flexibility index (Phi) is 2.70. The molecule has 4 heteroatoms. The highest BCUT2D eigenvalue weighted by Gasteiger charge is 2.02. The number of nitrogens with one attached hydrogen (secondary N) is 1. The Bertz CT molecular complexity index is 475. The first-order valence-corrected chi connectivity index (χ1v) is 5.59. The molecule has 2 aromatic rings. The average molecular weight is 226 g/mol. The van der Waals surface area contributed by atoms with Crippen molar-refractivity contribution in [2.75, 3.05) is 0 Å². The van der Waals surface area contributed by atoms with Gasteiger partial charge >= 0.3 is 0 Å². The van der Waals surface area contributed by atoms with Crippen LogP contribution in [-0.2, 0) is 5.88 Å². The minimum Gasteiger partial charge on any atom is -0.361 e. The number of aromatic nitrogens is 1. The van der Waals surface area contributed by atoms with Gasteiger partial charge in [-0.15, -0.1) is 11.6 Å². The molecule has 0 bridgehead atoms. The summed E-state index contributed by atoms with van der Waals surface area (Å²) in [5.74, 6) is 0.249. The van der Waals surface area contributed by atoms with E-state index in [9.17, 15) is 4.79 Å². The lowest BCUT2D eigenvalue weighted by Crippen LogP contribution is -2.06. The third-order valence-electron chi connectivity index (χ3n) is 1.97. The largest absolute Gasteiger partial charge is 0.361 e. The van der Waals surface area contributed by atoms with Gasteiger partial charge < -0.3 is 4.98 Å². The van der Waals surface area contributed by atoms with Crippen LogP contribution in [-0.4, -0.2) is 4.98 Å². The normalized spacial score (nSPS) is 10.4. The Labute approximate surface area is 90.2 Å². The van der Waals surface area contributed by atoms with Crippen molar-refractivity contribution in [1.29, 1.82) is 0 Å². The molecular weight excluding hydrogens is 218 g/mol. The van der Waals surface area contributed by atoms with Gasteiger partial charge in [-0.2, -0.15) is 11.3 Å². The van der Waals surface area contributed by atoms with Gasteiger partial charge in [-0.25, -0.2) is 0 Å². The van der Waals surface area contributed by atoms with Crippen LogP contribution < -0.4 is 5.43 Å². The molecular formula is C10H8ClNOS. The molecule has 0 radical (unpaired) electrons. The molecule has 2 heterocycles. The lowest BCUT2D eigenvalue weighted by Gasteiger charge is -1.99. The van der Waals surface area contributed by atoms with Crippen LogP contribution in [0.4, 0.5) is 0 Å². The number of halogens is 1. The van der Waals surface area contributed by atoms with E-state index in [-0.39, 0.29) is 11.3 Å². The van der Waals surface area contributed by atoms with E-state index in [0.717, 1.165) is 11.3 Å². The zero-order chi connectivity index (χ0) is 9.97. The summed E-state index contributed by atoms with van der Waals surface area (Å²) in [6.45, 7) is 0. The highest BCUT2D eigenvalue weighted by atomic mass is 35.5. The van der Waals surface area contributed by atoms with Crippen LogP contribution in [0, 0.1) is 0 Å². The molecule has 14 heavy (non-hydrogen) atoms. The van der Waals surface area contributed by atoms with E-state index < -0.39 is 0 Å². The molecule has 0 amide bonds. The Morgan fingerprint density at radius 2 is 2.36 bits per heavy atom. The smallest absolute Gasteiger partial charge is 0.186 e. The second kappa shape index (κ2) is 3.98. The summed E-state index contributed by atoms with van der Waals surface area (Å²) in [7, 11) is 0. The molecule has 0 saturated heterocycles. The fourth-order valence-corrected chi connectivity index (χ4v) is 2.06. The topological polar surface area (TPSA) is 32.9 Å². The number of aromatic amines is 1. The number of rotatable bonds is 2. The molecule has 0 spiro atoms. The van der Waals surface area contributed by atoms with Gasteiger partial charge in [0.15, 0.2) is 5.43 Å². The lowest BCUT2D eigenvalue weighted by molar-refractivity contribution is 1.22. The maximum atomic E-state index is 11.5. The van der Waals surface area contributed by atoms with Crippen LogP contribution in [0.25, 0.3) is 11.3 Å². The van der Waals surface area contributed by atoms with E-state index in [0.29, 0.717) is 5.56 Å². The van der Waals surface area contributed by atoms with Crippen molar-refractivity contribution in [3.05, 3.63) is 44.9 Å². The first-order valence-electron chi connectivity index (χ1n) is 4.11. The molecule has 72 valence electrons. The SMILES string of the molecule is O=c1cc(-c2ccsc2)[nH]cc1CCl. The van der Waals surface area contributed by atoms with Crippen molar-refractivity contribution in [3.63, 3.8) is 0 Å². The van der Waals surface area contributed by atoms with Crippen LogP contribution in [0.15, 0.2) is 33.9 Å². The molecule has 0 aliphatic rings. The van der Waals surface area contributed by atoms with E-state index in [2.05, 4.69) is 4.98 Å². The zero-order valence-electron chi connectivity index (χ0n) is 7.29. The predicted molar refractivity (Wildman–Crippen MR) is 59.9 cm³/mol. The van der Waals surface area contributed by atoms with Gasteiger partial charge in [-0.1, -0.05) is 0 Å². The molecule has 0 saturated carbocycles. The monoisotopic (exact) mass is 225 g/mol. The fourth-order valence-electron chi connectivity index (χ4n) is 1.19. The van der Waals surface area contributed by atoms with Gasteiger partial charge in [-0.05, 0) is 11.4 Å². The van der Waals surface area contributed by atoms with Gasteiger partial charge in [-0.3, -0.25) is 4.79 Å². The van der Waals surface area contributed by atoms with Crippen molar-refractivity contribution >= 4 is 22.9 Å². The highest BCUT2D eigenvalue weighted by molar-refractivity contribution is 7.08. The van der Waals surface area contributed by atoms with Crippen molar-refractivity contribution in [2.24, 2.45) is 0 Å².